The van der Waals surface area contributed by atoms with Crippen LogP contribution < -0.4 is 0 Å². The van der Waals surface area contributed by atoms with E-state index < -0.39 is 0 Å². The molecule has 6 nitrogen and oxygen atoms in total. The SMILES string of the molecule is C1=CC(=C2N=NC(c3ccccn3)=C2c2ccccn2)N=N1. The highest BCUT2D eigenvalue weighted by Gasteiger charge is 2.26. The topological polar surface area (TPSA) is 75.2 Å². The lowest BCUT2D eigenvalue weighted by molar-refractivity contribution is 1.14. The van der Waals surface area contributed by atoms with Gasteiger partial charge in [-0.1, -0.05) is 12.1 Å². The van der Waals surface area contributed by atoms with Gasteiger partial charge < -0.3 is 0 Å². The minimum atomic E-state index is 0.664. The molecule has 0 radical (unpaired) electrons. The summed E-state index contributed by atoms with van der Waals surface area (Å²) in [5.41, 5.74) is 4.39. The highest BCUT2D eigenvalue weighted by atomic mass is 15.2. The Labute approximate surface area is 126 Å². The normalized spacial score (nSPS) is 19.5. The second kappa shape index (κ2) is 5.25. The average molecular weight is 286 g/mol. The fourth-order valence-electron chi connectivity index (χ4n) is 2.29. The Morgan fingerprint density at radius 1 is 0.682 bits per heavy atom. The molecule has 2 aromatic heterocycles. The zero-order valence-electron chi connectivity index (χ0n) is 11.5. The van der Waals surface area contributed by atoms with Gasteiger partial charge in [-0.05, 0) is 30.3 Å². The molecule has 0 amide bonds. The van der Waals surface area contributed by atoms with Gasteiger partial charge in [0.2, 0.25) is 0 Å². The van der Waals surface area contributed by atoms with Crippen molar-refractivity contribution in [1.82, 2.24) is 9.97 Å². The molecule has 2 aliphatic heterocycles. The van der Waals surface area contributed by atoms with Crippen molar-refractivity contribution in [3.63, 3.8) is 0 Å². The number of azo groups is 2. The molecule has 4 heterocycles. The molecule has 0 unspecified atom stereocenters. The molecule has 104 valence electrons. The Kier molecular flexibility index (Phi) is 2.97. The molecule has 0 aliphatic carbocycles. The molecular formula is C16H10N6. The van der Waals surface area contributed by atoms with Crippen molar-refractivity contribution in [1.29, 1.82) is 0 Å². The summed E-state index contributed by atoms with van der Waals surface area (Å²) in [6, 6.07) is 11.4. The molecule has 0 spiro atoms. The Hall–Kier alpha value is -3.28. The van der Waals surface area contributed by atoms with E-state index >= 15 is 0 Å². The zero-order valence-corrected chi connectivity index (χ0v) is 11.5. The Morgan fingerprint density at radius 3 is 2.05 bits per heavy atom. The van der Waals surface area contributed by atoms with Gasteiger partial charge in [0.05, 0.1) is 23.2 Å². The molecule has 0 atom stereocenters. The highest BCUT2D eigenvalue weighted by Crippen LogP contribution is 2.40. The summed E-state index contributed by atoms with van der Waals surface area (Å²) < 4.78 is 0. The van der Waals surface area contributed by atoms with Crippen LogP contribution in [0.4, 0.5) is 0 Å². The predicted molar refractivity (Wildman–Crippen MR) is 81.2 cm³/mol. The van der Waals surface area contributed by atoms with Gasteiger partial charge in [-0.15, -0.1) is 15.3 Å². The second-order valence-corrected chi connectivity index (χ2v) is 4.62. The first-order chi connectivity index (χ1) is 10.9. The van der Waals surface area contributed by atoms with Crippen LogP contribution in [-0.4, -0.2) is 9.97 Å². The van der Waals surface area contributed by atoms with Gasteiger partial charge in [0, 0.05) is 12.4 Å². The lowest BCUT2D eigenvalue weighted by atomic mass is 10.0. The molecule has 0 aromatic carbocycles. The van der Waals surface area contributed by atoms with Crippen molar-refractivity contribution >= 4 is 11.3 Å². The molecular weight excluding hydrogens is 276 g/mol. The molecule has 0 fully saturated rings. The van der Waals surface area contributed by atoms with E-state index in [9.17, 15) is 0 Å². The van der Waals surface area contributed by atoms with Crippen LogP contribution in [0.15, 0.2) is 92.9 Å². The van der Waals surface area contributed by atoms with Crippen LogP contribution in [0.5, 0.6) is 0 Å². The van der Waals surface area contributed by atoms with Crippen LogP contribution >= 0.6 is 0 Å². The molecule has 4 rings (SSSR count). The number of aromatic nitrogens is 2. The fraction of sp³-hybridized carbons (Fsp3) is 0. The maximum atomic E-state index is 4.42. The smallest absolute Gasteiger partial charge is 0.125 e. The summed E-state index contributed by atoms with van der Waals surface area (Å²) in [5, 5.41) is 16.5. The monoisotopic (exact) mass is 286 g/mol. The van der Waals surface area contributed by atoms with Gasteiger partial charge in [-0.3, -0.25) is 9.97 Å². The third-order valence-corrected chi connectivity index (χ3v) is 3.26. The number of rotatable bonds is 2. The number of nitrogens with zero attached hydrogens (tertiary/aromatic N) is 6. The third-order valence-electron chi connectivity index (χ3n) is 3.26. The number of hydrogen-bond donors (Lipinski definition) is 0. The maximum absolute atomic E-state index is 4.42. The molecule has 22 heavy (non-hydrogen) atoms. The molecule has 2 aromatic rings. The first kappa shape index (κ1) is 12.5. The van der Waals surface area contributed by atoms with Crippen molar-refractivity contribution in [3.05, 3.63) is 83.8 Å². The lowest BCUT2D eigenvalue weighted by Gasteiger charge is -2.05. The summed E-state index contributed by atoms with van der Waals surface area (Å²) in [6.07, 6.45) is 6.91. The van der Waals surface area contributed by atoms with Gasteiger partial charge in [-0.25, -0.2) is 0 Å². The molecule has 2 aliphatic rings. The number of pyridine rings is 2. The van der Waals surface area contributed by atoms with Crippen LogP contribution in [0.1, 0.15) is 11.4 Å². The van der Waals surface area contributed by atoms with E-state index in [0.29, 0.717) is 17.1 Å². The van der Waals surface area contributed by atoms with E-state index in [1.807, 2.05) is 36.4 Å². The maximum Gasteiger partial charge on any atom is 0.125 e. The largest absolute Gasteiger partial charge is 0.256 e. The quantitative estimate of drug-likeness (QED) is 0.836. The standard InChI is InChI=1S/C16H10N6/c1-3-8-17-11(5-1)14-15(12-6-2-4-9-18-12)21-22-16(14)13-7-10-19-20-13/h1-10H. The van der Waals surface area contributed by atoms with E-state index in [-0.39, 0.29) is 0 Å². The minimum absolute atomic E-state index is 0.664. The molecule has 0 N–H and O–H groups in total. The van der Waals surface area contributed by atoms with Crippen LogP contribution in [-0.2, 0) is 0 Å². The van der Waals surface area contributed by atoms with Crippen LogP contribution in [0.3, 0.4) is 0 Å². The van der Waals surface area contributed by atoms with Crippen LogP contribution in [0.25, 0.3) is 11.3 Å². The van der Waals surface area contributed by atoms with Gasteiger partial charge in [-0.2, -0.15) is 5.11 Å². The lowest BCUT2D eigenvalue weighted by Crippen LogP contribution is -1.94. The summed E-state index contributed by atoms with van der Waals surface area (Å²) in [4.78, 5) is 8.79. The summed E-state index contributed by atoms with van der Waals surface area (Å²) >= 11 is 0. The summed E-state index contributed by atoms with van der Waals surface area (Å²) in [7, 11) is 0. The van der Waals surface area contributed by atoms with E-state index in [2.05, 4.69) is 30.4 Å². The van der Waals surface area contributed by atoms with Gasteiger partial charge in [0.25, 0.3) is 0 Å². The van der Waals surface area contributed by atoms with Gasteiger partial charge >= 0.3 is 0 Å². The highest BCUT2D eigenvalue weighted by molar-refractivity contribution is 5.98. The van der Waals surface area contributed by atoms with Gasteiger partial charge in [0.1, 0.15) is 17.1 Å². The predicted octanol–water partition coefficient (Wildman–Crippen LogP) is 4.00. The first-order valence-electron chi connectivity index (χ1n) is 6.74. The van der Waals surface area contributed by atoms with E-state index in [1.165, 1.54) is 0 Å². The molecule has 0 saturated heterocycles. The molecule has 6 heteroatoms. The minimum Gasteiger partial charge on any atom is -0.256 e. The Morgan fingerprint density at radius 2 is 1.41 bits per heavy atom. The van der Waals surface area contributed by atoms with E-state index in [4.69, 9.17) is 0 Å². The Bertz CT molecular complexity index is 846. The van der Waals surface area contributed by atoms with E-state index in [0.717, 1.165) is 17.0 Å². The Balaban J connectivity index is 1.97. The summed E-state index contributed by atoms with van der Waals surface area (Å²) in [6.45, 7) is 0. The summed E-state index contributed by atoms with van der Waals surface area (Å²) in [5.74, 6) is 0. The zero-order chi connectivity index (χ0) is 14.8. The average Bonchev–Trinajstić information content (AvgIpc) is 3.25. The number of allylic oxidation sites excluding steroid dienone is 2. The van der Waals surface area contributed by atoms with Crippen molar-refractivity contribution < 1.29 is 0 Å². The van der Waals surface area contributed by atoms with Crippen molar-refractivity contribution in [2.75, 3.05) is 0 Å². The number of hydrogen-bond acceptors (Lipinski definition) is 6. The second-order valence-electron chi connectivity index (χ2n) is 4.62. The van der Waals surface area contributed by atoms with Crippen LogP contribution in [0, 0.1) is 0 Å². The van der Waals surface area contributed by atoms with Crippen molar-refractivity contribution in [3.8, 4) is 0 Å². The van der Waals surface area contributed by atoms with Gasteiger partial charge in [0.15, 0.2) is 0 Å². The van der Waals surface area contributed by atoms with Crippen molar-refractivity contribution in [2.24, 2.45) is 20.5 Å². The molecule has 0 saturated carbocycles. The van der Waals surface area contributed by atoms with E-state index in [1.54, 1.807) is 24.7 Å². The van der Waals surface area contributed by atoms with Crippen LogP contribution in [0.2, 0.25) is 0 Å². The fourth-order valence-corrected chi connectivity index (χ4v) is 2.29. The first-order valence-corrected chi connectivity index (χ1v) is 6.74. The van der Waals surface area contributed by atoms with Crippen molar-refractivity contribution in [2.45, 2.75) is 0 Å². The molecule has 0 bridgehead atoms. The third kappa shape index (κ3) is 2.07.